The van der Waals surface area contributed by atoms with Crippen LogP contribution >= 0.6 is 11.6 Å². The van der Waals surface area contributed by atoms with Crippen molar-refractivity contribution in [2.45, 2.75) is 19.4 Å². The molecule has 5 heteroatoms. The molecule has 0 unspecified atom stereocenters. The Bertz CT molecular complexity index is 732. The van der Waals surface area contributed by atoms with Crippen LogP contribution in [0.1, 0.15) is 25.0 Å². The monoisotopic (exact) mass is 316 g/mol. The van der Waals surface area contributed by atoms with Gasteiger partial charge in [-0.3, -0.25) is 10.2 Å². The summed E-state index contributed by atoms with van der Waals surface area (Å²) in [6.07, 6.45) is 0.445. The SMILES string of the molecule is CC(C)(O)c1ccc(-c2cc(C(=N)C=O)c(N)cc2Cl)cc1. The first-order valence-corrected chi connectivity index (χ1v) is 7.08. The van der Waals surface area contributed by atoms with Crippen LogP contribution in [0.5, 0.6) is 0 Å². The molecule has 0 heterocycles. The number of hydrogen-bond donors (Lipinski definition) is 3. The van der Waals surface area contributed by atoms with Gasteiger partial charge in [-0.25, -0.2) is 0 Å². The highest BCUT2D eigenvalue weighted by Gasteiger charge is 2.16. The lowest BCUT2D eigenvalue weighted by atomic mass is 9.94. The summed E-state index contributed by atoms with van der Waals surface area (Å²) in [5, 5.41) is 18.1. The molecule has 2 aromatic rings. The molecule has 0 aliphatic carbocycles. The highest BCUT2D eigenvalue weighted by molar-refractivity contribution is 6.38. The first-order valence-electron chi connectivity index (χ1n) is 6.70. The predicted molar refractivity (Wildman–Crippen MR) is 89.4 cm³/mol. The van der Waals surface area contributed by atoms with Gasteiger partial charge in [-0.15, -0.1) is 0 Å². The molecule has 0 aliphatic rings. The number of carbonyl (C=O) groups is 1. The maximum absolute atomic E-state index is 10.8. The Morgan fingerprint density at radius 2 is 1.86 bits per heavy atom. The second kappa shape index (κ2) is 5.91. The van der Waals surface area contributed by atoms with Crippen molar-refractivity contribution in [3.05, 3.63) is 52.5 Å². The molecule has 0 saturated heterocycles. The minimum Gasteiger partial charge on any atom is -0.398 e. The molecule has 114 valence electrons. The molecular weight excluding hydrogens is 300 g/mol. The van der Waals surface area contributed by atoms with Gasteiger partial charge >= 0.3 is 0 Å². The second-order valence-electron chi connectivity index (χ2n) is 5.59. The molecule has 0 fully saturated rings. The Labute approximate surface area is 134 Å². The Balaban J connectivity index is 2.53. The highest BCUT2D eigenvalue weighted by Crippen LogP contribution is 2.33. The van der Waals surface area contributed by atoms with Crippen LogP contribution in [-0.2, 0) is 10.4 Å². The van der Waals surface area contributed by atoms with Gasteiger partial charge in [-0.05, 0) is 37.1 Å². The van der Waals surface area contributed by atoms with Crippen molar-refractivity contribution in [2.24, 2.45) is 0 Å². The zero-order valence-electron chi connectivity index (χ0n) is 12.4. The molecule has 2 rings (SSSR count). The zero-order chi connectivity index (χ0) is 16.5. The van der Waals surface area contributed by atoms with Gasteiger partial charge < -0.3 is 10.8 Å². The van der Waals surface area contributed by atoms with Crippen LogP contribution in [0, 0.1) is 5.41 Å². The van der Waals surface area contributed by atoms with Crippen LogP contribution in [0.4, 0.5) is 5.69 Å². The summed E-state index contributed by atoms with van der Waals surface area (Å²) in [6.45, 7) is 3.42. The number of nitrogens with one attached hydrogen (secondary N) is 1. The van der Waals surface area contributed by atoms with E-state index in [2.05, 4.69) is 0 Å². The fourth-order valence-corrected chi connectivity index (χ4v) is 2.45. The van der Waals surface area contributed by atoms with Crippen LogP contribution in [-0.4, -0.2) is 17.1 Å². The summed E-state index contributed by atoms with van der Waals surface area (Å²) in [5.41, 5.74) is 7.61. The second-order valence-corrected chi connectivity index (χ2v) is 5.99. The molecule has 0 radical (unpaired) electrons. The van der Waals surface area contributed by atoms with Crippen molar-refractivity contribution in [1.29, 1.82) is 5.41 Å². The number of rotatable bonds is 4. The fourth-order valence-electron chi connectivity index (χ4n) is 2.16. The average Bonchev–Trinajstić information content (AvgIpc) is 2.46. The molecule has 0 bridgehead atoms. The fraction of sp³-hybridized carbons (Fsp3) is 0.176. The lowest BCUT2D eigenvalue weighted by Gasteiger charge is -2.18. The maximum Gasteiger partial charge on any atom is 0.168 e. The number of carbonyl (C=O) groups excluding carboxylic acids is 1. The summed E-state index contributed by atoms with van der Waals surface area (Å²) in [5.74, 6) is 0. The van der Waals surface area contributed by atoms with E-state index in [9.17, 15) is 9.90 Å². The largest absolute Gasteiger partial charge is 0.398 e. The molecular formula is C17H17ClN2O2. The van der Waals surface area contributed by atoms with E-state index in [1.807, 2.05) is 24.3 Å². The third-order valence-corrected chi connectivity index (χ3v) is 3.76. The van der Waals surface area contributed by atoms with Crippen molar-refractivity contribution in [3.63, 3.8) is 0 Å². The van der Waals surface area contributed by atoms with E-state index in [1.165, 1.54) is 6.07 Å². The molecule has 4 N–H and O–H groups in total. The third-order valence-electron chi connectivity index (χ3n) is 3.45. The van der Waals surface area contributed by atoms with Gasteiger partial charge in [0, 0.05) is 16.8 Å². The molecule has 0 atom stereocenters. The topological polar surface area (TPSA) is 87.2 Å². The molecule has 0 aromatic heterocycles. The van der Waals surface area contributed by atoms with Gasteiger partial charge in [-0.1, -0.05) is 35.9 Å². The minimum absolute atomic E-state index is 0.191. The number of hydrogen-bond acceptors (Lipinski definition) is 4. The number of aliphatic hydroxyl groups is 1. The van der Waals surface area contributed by atoms with Crippen molar-refractivity contribution >= 4 is 29.3 Å². The molecule has 4 nitrogen and oxygen atoms in total. The van der Waals surface area contributed by atoms with Gasteiger partial charge in [0.1, 0.15) is 5.71 Å². The Morgan fingerprint density at radius 3 is 2.36 bits per heavy atom. The van der Waals surface area contributed by atoms with Gasteiger partial charge in [-0.2, -0.15) is 0 Å². The summed E-state index contributed by atoms with van der Waals surface area (Å²) >= 11 is 6.23. The van der Waals surface area contributed by atoms with Crippen molar-refractivity contribution < 1.29 is 9.90 Å². The first-order chi connectivity index (χ1) is 10.2. The van der Waals surface area contributed by atoms with Gasteiger partial charge in [0.05, 0.1) is 10.6 Å². The quantitative estimate of drug-likeness (QED) is 0.459. The van der Waals surface area contributed by atoms with E-state index >= 15 is 0 Å². The molecule has 2 aromatic carbocycles. The van der Waals surface area contributed by atoms with Crippen LogP contribution < -0.4 is 5.73 Å². The average molecular weight is 317 g/mol. The standard InChI is InChI=1S/C17H17ClN2O2/c1-17(2,22)11-5-3-10(4-6-11)12-7-13(16(20)9-21)15(19)8-14(12)18/h3-9,20,22H,19H2,1-2H3. The van der Waals surface area contributed by atoms with Crippen LogP contribution in [0.25, 0.3) is 11.1 Å². The van der Waals surface area contributed by atoms with E-state index in [0.717, 1.165) is 11.1 Å². The summed E-state index contributed by atoms with van der Waals surface area (Å²) in [6, 6.07) is 10.5. The molecule has 0 amide bonds. The Morgan fingerprint density at radius 1 is 1.27 bits per heavy atom. The van der Waals surface area contributed by atoms with Gasteiger partial charge in [0.15, 0.2) is 6.29 Å². The van der Waals surface area contributed by atoms with E-state index in [-0.39, 0.29) is 5.71 Å². The smallest absolute Gasteiger partial charge is 0.168 e. The number of aldehydes is 1. The molecule has 22 heavy (non-hydrogen) atoms. The van der Waals surface area contributed by atoms with Crippen molar-refractivity contribution in [1.82, 2.24) is 0 Å². The lowest BCUT2D eigenvalue weighted by molar-refractivity contribution is -0.102. The predicted octanol–water partition coefficient (Wildman–Crippen LogP) is 3.38. The van der Waals surface area contributed by atoms with E-state index in [4.69, 9.17) is 22.7 Å². The maximum atomic E-state index is 10.8. The number of nitrogen functional groups attached to an aromatic ring is 1. The first kappa shape index (κ1) is 16.2. The molecule has 0 aliphatic heterocycles. The number of nitrogens with two attached hydrogens (primary N) is 1. The Hall–Kier alpha value is -2.17. The van der Waals surface area contributed by atoms with Crippen LogP contribution in [0.2, 0.25) is 5.02 Å². The van der Waals surface area contributed by atoms with Crippen molar-refractivity contribution in [2.75, 3.05) is 5.73 Å². The minimum atomic E-state index is -0.922. The number of benzene rings is 2. The van der Waals surface area contributed by atoms with Gasteiger partial charge in [0.2, 0.25) is 0 Å². The van der Waals surface area contributed by atoms with Crippen molar-refractivity contribution in [3.8, 4) is 11.1 Å². The highest BCUT2D eigenvalue weighted by atomic mass is 35.5. The third kappa shape index (κ3) is 3.18. The number of anilines is 1. The van der Waals surface area contributed by atoms with Crippen LogP contribution in [0.3, 0.4) is 0 Å². The number of halogens is 1. The normalized spacial score (nSPS) is 11.3. The molecule has 0 saturated carbocycles. The lowest BCUT2D eigenvalue weighted by Crippen LogP contribution is -2.14. The van der Waals surface area contributed by atoms with E-state index in [1.54, 1.807) is 19.9 Å². The summed E-state index contributed by atoms with van der Waals surface area (Å²) in [7, 11) is 0. The summed E-state index contributed by atoms with van der Waals surface area (Å²) in [4.78, 5) is 10.8. The summed E-state index contributed by atoms with van der Waals surface area (Å²) < 4.78 is 0. The van der Waals surface area contributed by atoms with Gasteiger partial charge in [0.25, 0.3) is 0 Å². The van der Waals surface area contributed by atoms with E-state index in [0.29, 0.717) is 28.1 Å². The molecule has 0 spiro atoms. The van der Waals surface area contributed by atoms with Crippen LogP contribution in [0.15, 0.2) is 36.4 Å². The van der Waals surface area contributed by atoms with E-state index < -0.39 is 5.60 Å². The zero-order valence-corrected chi connectivity index (χ0v) is 13.1. The Kier molecular flexibility index (Phi) is 4.35.